The minimum absolute atomic E-state index is 0.170. The van der Waals surface area contributed by atoms with Gasteiger partial charge >= 0.3 is 5.97 Å². The normalized spacial score (nSPS) is 12.3. The van der Waals surface area contributed by atoms with Crippen LogP contribution in [-0.2, 0) is 4.79 Å². The maximum atomic E-state index is 12.1. The molecule has 2 N–H and O–H groups in total. The van der Waals surface area contributed by atoms with Crippen LogP contribution in [0.2, 0.25) is 0 Å². The summed E-state index contributed by atoms with van der Waals surface area (Å²) >= 11 is 0. The van der Waals surface area contributed by atoms with Crippen molar-refractivity contribution in [2.75, 3.05) is 0 Å². The summed E-state index contributed by atoms with van der Waals surface area (Å²) in [4.78, 5) is 23.2. The van der Waals surface area contributed by atoms with Crippen molar-refractivity contribution in [3.8, 4) is 0 Å². The zero-order chi connectivity index (χ0) is 14.7. The molecule has 4 heteroatoms. The molecular formula is C16H17NO3. The van der Waals surface area contributed by atoms with Gasteiger partial charge in [0.1, 0.15) is 6.04 Å². The van der Waals surface area contributed by atoms with Gasteiger partial charge in [0, 0.05) is 5.56 Å². The van der Waals surface area contributed by atoms with Gasteiger partial charge in [0.15, 0.2) is 0 Å². The molecule has 0 radical (unpaired) electrons. The number of hydrogen-bond acceptors (Lipinski definition) is 2. The van der Waals surface area contributed by atoms with Gasteiger partial charge in [-0.3, -0.25) is 4.79 Å². The lowest BCUT2D eigenvalue weighted by atomic mass is 10.0. The number of benzene rings is 2. The number of carbonyl (C=O) groups is 2. The molecular weight excluding hydrogens is 254 g/mol. The maximum Gasteiger partial charge on any atom is 0.326 e. The molecule has 2 aromatic rings. The molecule has 20 heavy (non-hydrogen) atoms. The molecule has 4 nitrogen and oxygen atoms in total. The quantitative estimate of drug-likeness (QED) is 0.898. The van der Waals surface area contributed by atoms with E-state index in [9.17, 15) is 9.59 Å². The first-order valence-corrected chi connectivity index (χ1v) is 6.51. The van der Waals surface area contributed by atoms with Crippen LogP contribution in [0.3, 0.4) is 0 Å². The van der Waals surface area contributed by atoms with E-state index in [0.717, 1.165) is 10.8 Å². The number of aliphatic carboxylic acids is 1. The molecule has 0 spiro atoms. The number of hydrogen-bond donors (Lipinski definition) is 2. The van der Waals surface area contributed by atoms with Crippen molar-refractivity contribution >= 4 is 22.6 Å². The molecule has 0 aliphatic heterocycles. The lowest BCUT2D eigenvalue weighted by Gasteiger charge is -2.18. The first-order chi connectivity index (χ1) is 9.49. The second kappa shape index (κ2) is 5.74. The van der Waals surface area contributed by atoms with Gasteiger partial charge in [-0.25, -0.2) is 4.79 Å². The van der Waals surface area contributed by atoms with Crippen molar-refractivity contribution in [3.05, 3.63) is 48.0 Å². The van der Waals surface area contributed by atoms with Gasteiger partial charge in [-0.2, -0.15) is 0 Å². The van der Waals surface area contributed by atoms with Crippen LogP contribution in [0.25, 0.3) is 10.8 Å². The molecule has 0 aliphatic rings. The van der Waals surface area contributed by atoms with Gasteiger partial charge in [-0.15, -0.1) is 0 Å². The summed E-state index contributed by atoms with van der Waals surface area (Å²) in [5.41, 5.74) is 0.468. The molecule has 0 unspecified atom stereocenters. The number of nitrogens with one attached hydrogen (secondary N) is 1. The van der Waals surface area contributed by atoms with Crippen LogP contribution < -0.4 is 5.32 Å². The number of carboxylic acids is 1. The highest BCUT2D eigenvalue weighted by atomic mass is 16.4. The van der Waals surface area contributed by atoms with E-state index in [-0.39, 0.29) is 11.8 Å². The maximum absolute atomic E-state index is 12.1. The van der Waals surface area contributed by atoms with Crippen LogP contribution in [0.1, 0.15) is 24.2 Å². The number of carboxylic acid groups (broad SMARTS) is 1. The molecule has 0 saturated heterocycles. The van der Waals surface area contributed by atoms with E-state index in [1.54, 1.807) is 26.0 Å². The number of rotatable bonds is 4. The Hall–Kier alpha value is -2.36. The third-order valence-electron chi connectivity index (χ3n) is 3.23. The molecule has 0 saturated carbocycles. The molecule has 2 aromatic carbocycles. The Kier molecular flexibility index (Phi) is 4.03. The molecule has 0 aromatic heterocycles. The van der Waals surface area contributed by atoms with E-state index >= 15 is 0 Å². The molecule has 104 valence electrons. The smallest absolute Gasteiger partial charge is 0.326 e. The zero-order valence-electron chi connectivity index (χ0n) is 11.5. The summed E-state index contributed by atoms with van der Waals surface area (Å²) in [7, 11) is 0. The summed E-state index contributed by atoms with van der Waals surface area (Å²) in [6, 6.07) is 12.2. The van der Waals surface area contributed by atoms with Gasteiger partial charge in [0.25, 0.3) is 5.91 Å². The minimum Gasteiger partial charge on any atom is -0.480 e. The van der Waals surface area contributed by atoms with Crippen molar-refractivity contribution in [3.63, 3.8) is 0 Å². The number of amides is 1. The van der Waals surface area contributed by atoms with E-state index in [2.05, 4.69) is 5.32 Å². The largest absolute Gasteiger partial charge is 0.480 e. The predicted octanol–water partition coefficient (Wildman–Crippen LogP) is 2.68. The van der Waals surface area contributed by atoms with Crippen molar-refractivity contribution < 1.29 is 14.7 Å². The monoisotopic (exact) mass is 271 g/mol. The zero-order valence-corrected chi connectivity index (χ0v) is 11.5. The lowest BCUT2D eigenvalue weighted by molar-refractivity contribution is -0.140. The summed E-state index contributed by atoms with van der Waals surface area (Å²) in [6.07, 6.45) is 0. The molecule has 2 rings (SSSR count). The number of carbonyl (C=O) groups excluding carboxylic acids is 1. The van der Waals surface area contributed by atoms with E-state index in [0.29, 0.717) is 5.56 Å². The van der Waals surface area contributed by atoms with Crippen LogP contribution in [-0.4, -0.2) is 23.0 Å². The van der Waals surface area contributed by atoms with E-state index in [1.165, 1.54) is 0 Å². The van der Waals surface area contributed by atoms with E-state index in [4.69, 9.17) is 5.11 Å². The van der Waals surface area contributed by atoms with Crippen molar-refractivity contribution in [1.82, 2.24) is 5.32 Å². The highest BCUT2D eigenvalue weighted by Gasteiger charge is 2.23. The Morgan fingerprint density at radius 2 is 1.70 bits per heavy atom. The second-order valence-corrected chi connectivity index (χ2v) is 5.10. The van der Waals surface area contributed by atoms with Crippen LogP contribution >= 0.6 is 0 Å². The minimum atomic E-state index is -1.02. The fourth-order valence-electron chi connectivity index (χ4n) is 2.07. The van der Waals surface area contributed by atoms with E-state index in [1.807, 2.05) is 30.3 Å². The fraction of sp³-hybridized carbons (Fsp3) is 0.250. The fourth-order valence-corrected chi connectivity index (χ4v) is 2.07. The topological polar surface area (TPSA) is 66.4 Å². The van der Waals surface area contributed by atoms with Crippen molar-refractivity contribution in [1.29, 1.82) is 0 Å². The Balaban J connectivity index is 2.24. The summed E-state index contributed by atoms with van der Waals surface area (Å²) < 4.78 is 0. The molecule has 0 bridgehead atoms. The van der Waals surface area contributed by atoms with Gasteiger partial charge < -0.3 is 10.4 Å². The molecule has 0 fully saturated rings. The Morgan fingerprint density at radius 3 is 2.30 bits per heavy atom. The van der Waals surface area contributed by atoms with Crippen molar-refractivity contribution in [2.24, 2.45) is 5.92 Å². The Bertz CT molecular complexity index is 649. The third-order valence-corrected chi connectivity index (χ3v) is 3.23. The van der Waals surface area contributed by atoms with Crippen LogP contribution in [0.15, 0.2) is 42.5 Å². The molecule has 0 heterocycles. The Morgan fingerprint density at radius 1 is 1.05 bits per heavy atom. The molecule has 0 aliphatic carbocycles. The van der Waals surface area contributed by atoms with Gasteiger partial charge in [0.05, 0.1) is 0 Å². The van der Waals surface area contributed by atoms with Gasteiger partial charge in [0.2, 0.25) is 0 Å². The molecule has 1 atom stereocenters. The first kappa shape index (κ1) is 14.1. The second-order valence-electron chi connectivity index (χ2n) is 5.10. The first-order valence-electron chi connectivity index (χ1n) is 6.51. The highest BCUT2D eigenvalue weighted by molar-refractivity contribution is 6.00. The average molecular weight is 271 g/mol. The standard InChI is InChI=1S/C16H17NO3/c1-10(2)14(16(19)20)17-15(18)13-8-7-11-5-3-4-6-12(11)9-13/h3-10,14H,1-2H3,(H,17,18)(H,19,20)/t14-/m1/s1. The molecule has 1 amide bonds. The summed E-state index contributed by atoms with van der Waals surface area (Å²) in [6.45, 7) is 3.53. The average Bonchev–Trinajstić information content (AvgIpc) is 2.43. The number of fused-ring (bicyclic) bond motifs is 1. The van der Waals surface area contributed by atoms with Crippen LogP contribution in [0.5, 0.6) is 0 Å². The SMILES string of the molecule is CC(C)[C@@H](NC(=O)c1ccc2ccccc2c1)C(=O)O. The predicted molar refractivity (Wildman–Crippen MR) is 77.7 cm³/mol. The Labute approximate surface area is 117 Å². The third kappa shape index (κ3) is 2.96. The van der Waals surface area contributed by atoms with E-state index < -0.39 is 12.0 Å². The highest BCUT2D eigenvalue weighted by Crippen LogP contribution is 2.16. The summed E-state index contributed by atoms with van der Waals surface area (Å²) in [5.74, 6) is -1.55. The van der Waals surface area contributed by atoms with Crippen LogP contribution in [0, 0.1) is 5.92 Å². The van der Waals surface area contributed by atoms with Gasteiger partial charge in [-0.1, -0.05) is 44.2 Å². The van der Waals surface area contributed by atoms with Crippen molar-refractivity contribution in [2.45, 2.75) is 19.9 Å². The van der Waals surface area contributed by atoms with Crippen LogP contribution in [0.4, 0.5) is 0 Å². The van der Waals surface area contributed by atoms with Gasteiger partial charge in [-0.05, 0) is 28.8 Å². The lowest BCUT2D eigenvalue weighted by Crippen LogP contribution is -2.44. The summed E-state index contributed by atoms with van der Waals surface area (Å²) in [5, 5.41) is 13.7.